The van der Waals surface area contributed by atoms with Crippen molar-refractivity contribution in [2.75, 3.05) is 26.7 Å². The molecule has 0 fully saturated rings. The van der Waals surface area contributed by atoms with Gasteiger partial charge in [0.25, 0.3) is 0 Å². The number of allylic oxidation sites excluding steroid dienone is 5. The monoisotopic (exact) mass is 203 g/mol. The van der Waals surface area contributed by atoms with E-state index in [1.54, 1.807) is 0 Å². The van der Waals surface area contributed by atoms with Gasteiger partial charge in [-0.1, -0.05) is 30.4 Å². The summed E-state index contributed by atoms with van der Waals surface area (Å²) in [5, 5.41) is 6.24. The third-order valence-electron chi connectivity index (χ3n) is 2.60. The number of hydrogen-bond acceptors (Lipinski definition) is 3. The zero-order valence-electron chi connectivity index (χ0n) is 9.13. The Balaban J connectivity index is 1.92. The van der Waals surface area contributed by atoms with E-state index in [0.717, 1.165) is 26.1 Å². The number of likely N-dealkylation sites (N-methyl/N-ethyl adjacent to an activating group) is 1. The highest BCUT2D eigenvalue weighted by Gasteiger charge is 2.08. The van der Waals surface area contributed by atoms with Crippen molar-refractivity contribution in [3.63, 3.8) is 0 Å². The molecule has 3 heteroatoms. The van der Waals surface area contributed by atoms with E-state index in [2.05, 4.69) is 40.4 Å². The Morgan fingerprint density at radius 3 is 3.00 bits per heavy atom. The highest BCUT2D eigenvalue weighted by molar-refractivity contribution is 5.56. The highest BCUT2D eigenvalue weighted by atomic mass is 15.5. The zero-order chi connectivity index (χ0) is 10.5. The maximum Gasteiger partial charge on any atom is 0.111 e. The molecule has 0 atom stereocenters. The van der Waals surface area contributed by atoms with Gasteiger partial charge in [-0.05, 0) is 12.0 Å². The topological polar surface area (TPSA) is 18.8 Å². The summed E-state index contributed by atoms with van der Waals surface area (Å²) in [4.78, 5) is 2.26. The van der Waals surface area contributed by atoms with E-state index < -0.39 is 0 Å². The minimum atomic E-state index is 0.992. The van der Waals surface area contributed by atoms with Crippen molar-refractivity contribution in [2.45, 2.75) is 6.42 Å². The molecular weight excluding hydrogens is 186 g/mol. The average molecular weight is 203 g/mol. The van der Waals surface area contributed by atoms with Crippen LogP contribution in [0.3, 0.4) is 0 Å². The quantitative estimate of drug-likeness (QED) is 0.679. The van der Waals surface area contributed by atoms with E-state index >= 15 is 0 Å². The van der Waals surface area contributed by atoms with Crippen LogP contribution in [0.5, 0.6) is 0 Å². The Morgan fingerprint density at radius 1 is 1.27 bits per heavy atom. The van der Waals surface area contributed by atoms with Crippen molar-refractivity contribution in [3.8, 4) is 0 Å². The molecule has 0 saturated heterocycles. The molecule has 80 valence electrons. The molecule has 1 heterocycles. The summed E-state index contributed by atoms with van der Waals surface area (Å²) in [6, 6.07) is 0. The fourth-order valence-electron chi connectivity index (χ4n) is 1.67. The molecule has 0 aromatic heterocycles. The third-order valence-corrected chi connectivity index (χ3v) is 2.60. The molecule has 0 saturated carbocycles. The first kappa shape index (κ1) is 10.0. The van der Waals surface area contributed by atoms with E-state index in [4.69, 9.17) is 0 Å². The van der Waals surface area contributed by atoms with Gasteiger partial charge in [-0.2, -0.15) is 5.10 Å². The van der Waals surface area contributed by atoms with Crippen LogP contribution in [0.1, 0.15) is 6.42 Å². The van der Waals surface area contributed by atoms with Gasteiger partial charge < -0.3 is 4.90 Å². The summed E-state index contributed by atoms with van der Waals surface area (Å²) < 4.78 is 0. The van der Waals surface area contributed by atoms with Gasteiger partial charge in [0.2, 0.25) is 0 Å². The largest absolute Gasteiger partial charge is 0.355 e. The number of nitrogens with zero attached hydrogens (tertiary/aromatic N) is 3. The predicted molar refractivity (Wildman–Crippen MR) is 63.7 cm³/mol. The van der Waals surface area contributed by atoms with Gasteiger partial charge in [0.05, 0.1) is 6.54 Å². The Hall–Kier alpha value is -1.51. The summed E-state index contributed by atoms with van der Waals surface area (Å²) in [6.45, 7) is 3.06. The first-order valence-electron chi connectivity index (χ1n) is 5.35. The first-order chi connectivity index (χ1) is 7.34. The van der Waals surface area contributed by atoms with E-state index in [0.29, 0.717) is 0 Å². The smallest absolute Gasteiger partial charge is 0.111 e. The van der Waals surface area contributed by atoms with Gasteiger partial charge in [0, 0.05) is 20.1 Å². The molecule has 1 aliphatic heterocycles. The third kappa shape index (κ3) is 2.98. The summed E-state index contributed by atoms with van der Waals surface area (Å²) in [7, 11) is 2.00. The van der Waals surface area contributed by atoms with Crippen LogP contribution in [0.4, 0.5) is 0 Å². The van der Waals surface area contributed by atoms with E-state index in [9.17, 15) is 0 Å². The molecule has 0 aromatic rings. The van der Waals surface area contributed by atoms with Crippen molar-refractivity contribution in [1.29, 1.82) is 0 Å². The lowest BCUT2D eigenvalue weighted by molar-refractivity contribution is 0.277. The first-order valence-corrected chi connectivity index (χ1v) is 5.35. The Kier molecular flexibility index (Phi) is 3.22. The lowest BCUT2D eigenvalue weighted by Gasteiger charge is -2.28. The molecule has 0 bridgehead atoms. The van der Waals surface area contributed by atoms with Crippen LogP contribution in [0, 0.1) is 0 Å². The Labute approximate surface area is 91.1 Å². The van der Waals surface area contributed by atoms with Gasteiger partial charge in [0.15, 0.2) is 0 Å². The summed E-state index contributed by atoms with van der Waals surface area (Å²) >= 11 is 0. The van der Waals surface area contributed by atoms with Crippen LogP contribution < -0.4 is 0 Å². The second kappa shape index (κ2) is 4.82. The second-order valence-electron chi connectivity index (χ2n) is 3.92. The molecule has 0 N–H and O–H groups in total. The van der Waals surface area contributed by atoms with Crippen LogP contribution in [0.2, 0.25) is 0 Å². The molecule has 1 aliphatic carbocycles. The Bertz CT molecular complexity index is 326. The molecule has 0 spiro atoms. The highest BCUT2D eigenvalue weighted by Crippen LogP contribution is 2.09. The molecular formula is C12H17N3. The molecule has 0 radical (unpaired) electrons. The number of hydrazone groups is 1. The minimum Gasteiger partial charge on any atom is -0.355 e. The SMILES string of the molecule is CN1CCN(CC2=CC=CC=CC2)C=N1. The lowest BCUT2D eigenvalue weighted by Crippen LogP contribution is -2.37. The Morgan fingerprint density at radius 2 is 2.20 bits per heavy atom. The number of rotatable bonds is 2. The molecule has 0 aromatic carbocycles. The van der Waals surface area contributed by atoms with Crippen LogP contribution in [-0.4, -0.2) is 42.9 Å². The van der Waals surface area contributed by atoms with Gasteiger partial charge >= 0.3 is 0 Å². The summed E-state index contributed by atoms with van der Waals surface area (Å²) in [5.74, 6) is 0. The molecule has 2 rings (SSSR count). The van der Waals surface area contributed by atoms with Crippen molar-refractivity contribution in [2.24, 2.45) is 5.10 Å². The van der Waals surface area contributed by atoms with Crippen molar-refractivity contribution >= 4 is 6.34 Å². The maximum absolute atomic E-state index is 4.27. The van der Waals surface area contributed by atoms with E-state index in [1.165, 1.54) is 5.57 Å². The van der Waals surface area contributed by atoms with Crippen LogP contribution in [0.15, 0.2) is 41.1 Å². The fraction of sp³-hybridized carbons (Fsp3) is 0.417. The predicted octanol–water partition coefficient (Wildman–Crippen LogP) is 1.62. The average Bonchev–Trinajstić information content (AvgIpc) is 2.50. The van der Waals surface area contributed by atoms with Crippen molar-refractivity contribution < 1.29 is 0 Å². The van der Waals surface area contributed by atoms with Gasteiger partial charge in [0.1, 0.15) is 6.34 Å². The van der Waals surface area contributed by atoms with Crippen LogP contribution in [-0.2, 0) is 0 Å². The minimum absolute atomic E-state index is 0.992. The molecule has 0 amide bonds. The van der Waals surface area contributed by atoms with Crippen molar-refractivity contribution in [3.05, 3.63) is 36.0 Å². The van der Waals surface area contributed by atoms with Gasteiger partial charge in [-0.25, -0.2) is 0 Å². The molecule has 0 unspecified atom stereocenters. The fourth-order valence-corrected chi connectivity index (χ4v) is 1.67. The summed E-state index contributed by atoms with van der Waals surface area (Å²) in [6.07, 6.45) is 13.7. The molecule has 15 heavy (non-hydrogen) atoms. The van der Waals surface area contributed by atoms with E-state index in [-0.39, 0.29) is 0 Å². The zero-order valence-corrected chi connectivity index (χ0v) is 9.13. The normalized spacial score (nSPS) is 20.5. The van der Waals surface area contributed by atoms with E-state index in [1.807, 2.05) is 18.4 Å². The second-order valence-corrected chi connectivity index (χ2v) is 3.92. The van der Waals surface area contributed by atoms with Gasteiger partial charge in [-0.15, -0.1) is 0 Å². The molecule has 2 aliphatic rings. The van der Waals surface area contributed by atoms with Gasteiger partial charge in [-0.3, -0.25) is 5.01 Å². The summed E-state index contributed by atoms with van der Waals surface area (Å²) in [5.41, 5.74) is 1.44. The standard InChI is InChI=1S/C12H17N3/c1-14-8-9-15(11-13-14)10-12-6-4-2-3-5-7-12/h2-6,11H,7-10H2,1H3. The van der Waals surface area contributed by atoms with Crippen molar-refractivity contribution in [1.82, 2.24) is 9.91 Å². The lowest BCUT2D eigenvalue weighted by atomic mass is 10.1. The number of hydrogen-bond donors (Lipinski definition) is 0. The van der Waals surface area contributed by atoms with Crippen LogP contribution >= 0.6 is 0 Å². The van der Waals surface area contributed by atoms with Crippen LogP contribution in [0.25, 0.3) is 0 Å². The molecule has 3 nitrogen and oxygen atoms in total. The maximum atomic E-state index is 4.27.